The monoisotopic (exact) mass is 480 g/mol. The second kappa shape index (κ2) is 9.64. The van der Waals surface area contributed by atoms with Crippen LogP contribution in [0.25, 0.3) is 11.1 Å². The lowest BCUT2D eigenvalue weighted by Gasteiger charge is -2.35. The maximum atomic E-state index is 12.6. The number of esters is 1. The Labute approximate surface area is 203 Å². The molecule has 0 saturated carbocycles. The quantitative estimate of drug-likeness (QED) is 0.317. The van der Waals surface area contributed by atoms with Crippen LogP contribution in [0.1, 0.15) is 43.6 Å². The van der Waals surface area contributed by atoms with E-state index in [-0.39, 0.29) is 22.8 Å². The van der Waals surface area contributed by atoms with Crippen LogP contribution in [0, 0.1) is 5.92 Å². The van der Waals surface area contributed by atoms with Gasteiger partial charge in [0.2, 0.25) is 0 Å². The zero-order valence-electron chi connectivity index (χ0n) is 21.1. The maximum Gasteiger partial charge on any atom is 0.310 e. The SMILES string of the molecule is COC(=O)[C@@H]1CN(Cc2ccccc2)C[C@@H]1c1cnc2cc(CO[Si](C)(C)C(C)(C)C)oc2c1. The molecule has 0 spiro atoms. The van der Waals surface area contributed by atoms with Crippen molar-refractivity contribution in [3.63, 3.8) is 0 Å². The second-order valence-electron chi connectivity index (χ2n) is 10.8. The van der Waals surface area contributed by atoms with E-state index in [1.54, 1.807) is 0 Å². The molecular formula is C27H36N2O4Si. The van der Waals surface area contributed by atoms with Crippen molar-refractivity contribution in [1.29, 1.82) is 0 Å². The van der Waals surface area contributed by atoms with Crippen LogP contribution in [0.15, 0.2) is 53.1 Å². The molecule has 34 heavy (non-hydrogen) atoms. The number of methoxy groups -OCH3 is 1. The Hall–Kier alpha value is -2.48. The van der Waals surface area contributed by atoms with Crippen molar-refractivity contribution >= 4 is 25.4 Å². The number of hydrogen-bond acceptors (Lipinski definition) is 6. The lowest BCUT2D eigenvalue weighted by molar-refractivity contribution is -0.145. The lowest BCUT2D eigenvalue weighted by Crippen LogP contribution is -2.40. The minimum Gasteiger partial charge on any atom is -0.469 e. The van der Waals surface area contributed by atoms with E-state index in [1.165, 1.54) is 12.7 Å². The molecule has 0 N–H and O–H groups in total. The van der Waals surface area contributed by atoms with E-state index in [9.17, 15) is 4.79 Å². The highest BCUT2D eigenvalue weighted by Crippen LogP contribution is 2.38. The highest BCUT2D eigenvalue weighted by Gasteiger charge is 2.40. The first-order valence-electron chi connectivity index (χ1n) is 11.9. The molecule has 2 aromatic heterocycles. The highest BCUT2D eigenvalue weighted by molar-refractivity contribution is 6.74. The number of carbonyl (C=O) groups excluding carboxylic acids is 1. The minimum absolute atomic E-state index is 0.00472. The summed E-state index contributed by atoms with van der Waals surface area (Å²) in [5, 5.41) is 0.140. The molecule has 0 amide bonds. The van der Waals surface area contributed by atoms with E-state index in [0.29, 0.717) is 13.2 Å². The molecule has 1 aliphatic heterocycles. The average Bonchev–Trinajstić information content (AvgIpc) is 3.40. The van der Waals surface area contributed by atoms with Crippen molar-refractivity contribution in [2.24, 2.45) is 5.92 Å². The van der Waals surface area contributed by atoms with Crippen molar-refractivity contribution in [2.45, 2.75) is 58.0 Å². The van der Waals surface area contributed by atoms with Gasteiger partial charge in [-0.05, 0) is 35.3 Å². The normalized spacial score (nSPS) is 19.6. The van der Waals surface area contributed by atoms with Crippen LogP contribution in [0.3, 0.4) is 0 Å². The summed E-state index contributed by atoms with van der Waals surface area (Å²) in [6, 6.07) is 14.3. The summed E-state index contributed by atoms with van der Waals surface area (Å²) in [5.41, 5.74) is 3.78. The predicted octanol–water partition coefficient (Wildman–Crippen LogP) is 5.74. The average molecular weight is 481 g/mol. The molecule has 4 rings (SSSR count). The molecule has 1 fully saturated rings. The van der Waals surface area contributed by atoms with Gasteiger partial charge in [0.25, 0.3) is 0 Å². The summed E-state index contributed by atoms with van der Waals surface area (Å²) in [6.07, 6.45) is 1.88. The van der Waals surface area contributed by atoms with Crippen LogP contribution in [0.2, 0.25) is 18.1 Å². The number of fused-ring (bicyclic) bond motifs is 1. The Morgan fingerprint density at radius 1 is 1.18 bits per heavy atom. The summed E-state index contributed by atoms with van der Waals surface area (Å²) >= 11 is 0. The number of nitrogens with zero attached hydrogens (tertiary/aromatic N) is 2. The van der Waals surface area contributed by atoms with E-state index in [0.717, 1.165) is 35.5 Å². The standard InChI is InChI=1S/C27H36N2O4Si/c1-27(2,3)34(5,6)32-18-21-13-24-25(33-21)12-20(14-28-24)22-16-29(17-23(22)26(30)31-4)15-19-10-8-7-9-11-19/h7-14,22-23H,15-18H2,1-6H3/t22-,23-/m1/s1. The van der Waals surface area contributed by atoms with Gasteiger partial charge in [-0.1, -0.05) is 51.1 Å². The van der Waals surface area contributed by atoms with E-state index >= 15 is 0 Å². The number of furan rings is 1. The fourth-order valence-electron chi connectivity index (χ4n) is 4.31. The van der Waals surface area contributed by atoms with Crippen LogP contribution < -0.4 is 0 Å². The van der Waals surface area contributed by atoms with E-state index in [2.05, 4.69) is 55.9 Å². The number of aromatic nitrogens is 1. The molecule has 0 unspecified atom stereocenters. The van der Waals surface area contributed by atoms with E-state index in [1.807, 2.05) is 36.5 Å². The molecule has 3 heterocycles. The smallest absolute Gasteiger partial charge is 0.310 e. The molecule has 1 aliphatic rings. The van der Waals surface area contributed by atoms with Crippen molar-refractivity contribution in [3.8, 4) is 0 Å². The van der Waals surface area contributed by atoms with Gasteiger partial charge in [-0.2, -0.15) is 0 Å². The van der Waals surface area contributed by atoms with Gasteiger partial charge in [-0.3, -0.25) is 14.7 Å². The van der Waals surface area contributed by atoms with Gasteiger partial charge in [0, 0.05) is 37.8 Å². The summed E-state index contributed by atoms with van der Waals surface area (Å²) < 4.78 is 17.6. The van der Waals surface area contributed by atoms with Gasteiger partial charge in [-0.15, -0.1) is 0 Å². The number of carbonyl (C=O) groups is 1. The van der Waals surface area contributed by atoms with Crippen molar-refractivity contribution in [3.05, 3.63) is 65.5 Å². The zero-order chi connectivity index (χ0) is 24.5. The van der Waals surface area contributed by atoms with E-state index in [4.69, 9.17) is 13.6 Å². The predicted molar refractivity (Wildman–Crippen MR) is 136 cm³/mol. The molecule has 0 radical (unpaired) electrons. The van der Waals surface area contributed by atoms with Crippen LogP contribution in [0.5, 0.6) is 0 Å². The zero-order valence-corrected chi connectivity index (χ0v) is 22.1. The van der Waals surface area contributed by atoms with Crippen LogP contribution in [-0.2, 0) is 27.1 Å². The Morgan fingerprint density at radius 3 is 2.59 bits per heavy atom. The topological polar surface area (TPSA) is 64.8 Å². The van der Waals surface area contributed by atoms with Gasteiger partial charge in [0.15, 0.2) is 13.9 Å². The highest BCUT2D eigenvalue weighted by atomic mass is 28.4. The van der Waals surface area contributed by atoms with Gasteiger partial charge >= 0.3 is 5.97 Å². The van der Waals surface area contributed by atoms with Gasteiger partial charge in [-0.25, -0.2) is 0 Å². The maximum absolute atomic E-state index is 12.6. The fraction of sp³-hybridized carbons (Fsp3) is 0.481. The summed E-state index contributed by atoms with van der Waals surface area (Å²) in [4.78, 5) is 19.6. The number of rotatable bonds is 7. The van der Waals surface area contributed by atoms with Gasteiger partial charge in [0.05, 0.1) is 19.6 Å². The number of ether oxygens (including phenoxy) is 1. The van der Waals surface area contributed by atoms with E-state index < -0.39 is 8.32 Å². The molecular weight excluding hydrogens is 444 g/mol. The minimum atomic E-state index is -1.87. The number of pyridine rings is 1. The summed E-state index contributed by atoms with van der Waals surface area (Å²) in [6.45, 7) is 13.8. The molecule has 3 aromatic rings. The first-order chi connectivity index (χ1) is 16.1. The van der Waals surface area contributed by atoms with Crippen LogP contribution in [0.4, 0.5) is 0 Å². The third-order valence-electron chi connectivity index (χ3n) is 7.40. The Morgan fingerprint density at radius 2 is 1.91 bits per heavy atom. The van der Waals surface area contributed by atoms with Crippen molar-refractivity contribution in [2.75, 3.05) is 20.2 Å². The molecule has 182 valence electrons. The van der Waals surface area contributed by atoms with Gasteiger partial charge < -0.3 is 13.6 Å². The van der Waals surface area contributed by atoms with Crippen molar-refractivity contribution < 1.29 is 18.4 Å². The Bertz CT molecular complexity index is 1140. The first-order valence-corrected chi connectivity index (χ1v) is 14.8. The first kappa shape index (κ1) is 24.6. The third kappa shape index (κ3) is 5.27. The molecule has 2 atom stereocenters. The number of benzene rings is 1. The van der Waals surface area contributed by atoms with Crippen LogP contribution in [-0.4, -0.2) is 44.4 Å². The summed E-state index contributed by atoms with van der Waals surface area (Å²) in [7, 11) is -0.412. The van der Waals surface area contributed by atoms with Crippen molar-refractivity contribution in [1.82, 2.24) is 9.88 Å². The second-order valence-corrected chi connectivity index (χ2v) is 15.6. The summed E-state index contributed by atoms with van der Waals surface area (Å²) in [5.74, 6) is 0.379. The molecule has 6 nitrogen and oxygen atoms in total. The van der Waals surface area contributed by atoms with Crippen LogP contribution >= 0.6 is 0 Å². The number of likely N-dealkylation sites (tertiary alicyclic amines) is 1. The molecule has 0 aliphatic carbocycles. The molecule has 1 saturated heterocycles. The molecule has 0 bridgehead atoms. The third-order valence-corrected chi connectivity index (χ3v) is 11.9. The molecule has 1 aromatic carbocycles. The Balaban J connectivity index is 1.53. The fourth-order valence-corrected chi connectivity index (χ4v) is 5.25. The van der Waals surface area contributed by atoms with Gasteiger partial charge in [0.1, 0.15) is 11.3 Å². The Kier molecular flexibility index (Phi) is 6.98. The lowest BCUT2D eigenvalue weighted by atomic mass is 9.90. The number of hydrogen-bond donors (Lipinski definition) is 0. The molecule has 7 heteroatoms. The largest absolute Gasteiger partial charge is 0.469 e.